The first-order chi connectivity index (χ1) is 10.6. The second-order valence-corrected chi connectivity index (χ2v) is 6.55. The van der Waals surface area contributed by atoms with Gasteiger partial charge in [0.2, 0.25) is 5.91 Å². The number of carbonyl (C=O) groups is 1. The van der Waals surface area contributed by atoms with E-state index in [4.69, 9.17) is 27.9 Å². The normalized spacial score (nSPS) is 15.3. The molecule has 5 nitrogen and oxygen atoms in total. The molecule has 0 aliphatic carbocycles. The Kier molecular flexibility index (Phi) is 5.03. The van der Waals surface area contributed by atoms with Crippen molar-refractivity contribution in [2.75, 3.05) is 32.1 Å². The lowest BCUT2D eigenvalue weighted by Crippen LogP contribution is -2.41. The van der Waals surface area contributed by atoms with Crippen molar-refractivity contribution in [2.45, 2.75) is 5.03 Å². The largest absolute Gasteiger partial charge is 0.378 e. The molecule has 0 unspecified atom stereocenters. The fourth-order valence-corrected chi connectivity index (χ4v) is 3.64. The highest BCUT2D eigenvalue weighted by molar-refractivity contribution is 8.00. The highest BCUT2D eigenvalue weighted by Crippen LogP contribution is 2.31. The maximum atomic E-state index is 12.2. The summed E-state index contributed by atoms with van der Waals surface area (Å²) in [7, 11) is 0. The standard InChI is InChI=1S/C14H13Cl2N3O2S/c15-9-5-10-13(11(16)6-9)17-8-18-14(10)22-7-12(20)19-1-3-21-4-2-19/h5-6,8H,1-4,7H2. The monoisotopic (exact) mass is 357 g/mol. The van der Waals surface area contributed by atoms with Gasteiger partial charge < -0.3 is 9.64 Å². The van der Waals surface area contributed by atoms with Gasteiger partial charge in [-0.3, -0.25) is 4.79 Å². The van der Waals surface area contributed by atoms with E-state index in [1.54, 1.807) is 17.0 Å². The van der Waals surface area contributed by atoms with E-state index in [1.807, 2.05) is 0 Å². The average Bonchev–Trinajstić information content (AvgIpc) is 2.53. The lowest BCUT2D eigenvalue weighted by atomic mass is 10.2. The smallest absolute Gasteiger partial charge is 0.233 e. The second kappa shape index (κ2) is 7.00. The summed E-state index contributed by atoms with van der Waals surface area (Å²) in [5.74, 6) is 0.393. The number of ether oxygens (including phenoxy) is 1. The summed E-state index contributed by atoms with van der Waals surface area (Å²) >= 11 is 13.6. The Balaban J connectivity index is 1.77. The summed E-state index contributed by atoms with van der Waals surface area (Å²) in [5.41, 5.74) is 0.641. The van der Waals surface area contributed by atoms with E-state index < -0.39 is 0 Å². The van der Waals surface area contributed by atoms with Crippen molar-refractivity contribution in [3.8, 4) is 0 Å². The van der Waals surface area contributed by atoms with Gasteiger partial charge >= 0.3 is 0 Å². The van der Waals surface area contributed by atoms with E-state index >= 15 is 0 Å². The van der Waals surface area contributed by atoms with Crippen LogP contribution in [0.2, 0.25) is 10.0 Å². The molecule has 0 atom stereocenters. The second-order valence-electron chi connectivity index (χ2n) is 4.74. The molecular weight excluding hydrogens is 345 g/mol. The number of carbonyl (C=O) groups excluding carboxylic acids is 1. The van der Waals surface area contributed by atoms with Crippen LogP contribution < -0.4 is 0 Å². The Morgan fingerprint density at radius 2 is 2.05 bits per heavy atom. The Morgan fingerprint density at radius 3 is 2.82 bits per heavy atom. The number of amides is 1. The van der Waals surface area contributed by atoms with E-state index in [1.165, 1.54) is 18.1 Å². The summed E-state index contributed by atoms with van der Waals surface area (Å²) < 4.78 is 5.25. The van der Waals surface area contributed by atoms with Gasteiger partial charge in [0, 0.05) is 23.5 Å². The Hall–Kier alpha value is -1.08. The predicted molar refractivity (Wildman–Crippen MR) is 87.7 cm³/mol. The fourth-order valence-electron chi connectivity index (χ4n) is 2.22. The van der Waals surface area contributed by atoms with Crippen molar-refractivity contribution < 1.29 is 9.53 Å². The average molecular weight is 358 g/mol. The molecule has 1 fully saturated rings. The van der Waals surface area contributed by atoms with Gasteiger partial charge in [-0.25, -0.2) is 9.97 Å². The number of hydrogen-bond acceptors (Lipinski definition) is 5. The fraction of sp³-hybridized carbons (Fsp3) is 0.357. The number of fused-ring (bicyclic) bond motifs is 1. The lowest BCUT2D eigenvalue weighted by molar-refractivity contribution is -0.132. The molecule has 116 valence electrons. The van der Waals surface area contributed by atoms with Gasteiger partial charge in [0.05, 0.1) is 29.5 Å². The first kappa shape index (κ1) is 15.8. The van der Waals surface area contributed by atoms with Crippen LogP contribution in [-0.4, -0.2) is 52.8 Å². The zero-order chi connectivity index (χ0) is 15.5. The van der Waals surface area contributed by atoms with Crippen LogP contribution in [0.3, 0.4) is 0 Å². The molecule has 2 heterocycles. The first-order valence-electron chi connectivity index (χ1n) is 6.73. The van der Waals surface area contributed by atoms with Crippen LogP contribution in [0.5, 0.6) is 0 Å². The summed E-state index contributed by atoms with van der Waals surface area (Å²) in [6, 6.07) is 3.41. The topological polar surface area (TPSA) is 55.3 Å². The molecule has 1 amide bonds. The molecule has 2 aromatic rings. The number of nitrogens with zero attached hydrogens (tertiary/aromatic N) is 3. The van der Waals surface area contributed by atoms with E-state index in [-0.39, 0.29) is 5.91 Å². The molecule has 1 aliphatic heterocycles. The van der Waals surface area contributed by atoms with E-state index in [0.29, 0.717) is 52.6 Å². The predicted octanol–water partition coefficient (Wildman–Crippen LogP) is 2.89. The number of rotatable bonds is 3. The third-order valence-electron chi connectivity index (χ3n) is 3.32. The van der Waals surface area contributed by atoms with Gasteiger partial charge in [-0.05, 0) is 12.1 Å². The van der Waals surface area contributed by atoms with Crippen LogP contribution in [0, 0.1) is 0 Å². The number of morpholine rings is 1. The lowest BCUT2D eigenvalue weighted by Gasteiger charge is -2.26. The molecule has 0 bridgehead atoms. The number of benzene rings is 1. The van der Waals surface area contributed by atoms with Crippen molar-refractivity contribution in [1.82, 2.24) is 14.9 Å². The van der Waals surface area contributed by atoms with Crippen molar-refractivity contribution in [3.05, 3.63) is 28.5 Å². The van der Waals surface area contributed by atoms with Crippen molar-refractivity contribution in [2.24, 2.45) is 0 Å². The molecule has 22 heavy (non-hydrogen) atoms. The summed E-state index contributed by atoms with van der Waals surface area (Å²) in [6.07, 6.45) is 1.45. The Labute approximate surface area is 142 Å². The molecule has 1 aromatic carbocycles. The molecular formula is C14H13Cl2N3O2S. The van der Waals surface area contributed by atoms with Gasteiger partial charge in [0.1, 0.15) is 11.4 Å². The molecule has 0 saturated carbocycles. The first-order valence-corrected chi connectivity index (χ1v) is 8.47. The van der Waals surface area contributed by atoms with Crippen LogP contribution in [0.4, 0.5) is 0 Å². The number of thioether (sulfide) groups is 1. The maximum Gasteiger partial charge on any atom is 0.233 e. The molecule has 8 heteroatoms. The van der Waals surface area contributed by atoms with Crippen molar-refractivity contribution in [1.29, 1.82) is 0 Å². The van der Waals surface area contributed by atoms with Gasteiger partial charge in [-0.2, -0.15) is 0 Å². The van der Waals surface area contributed by atoms with Crippen molar-refractivity contribution >= 4 is 51.8 Å². The van der Waals surface area contributed by atoms with E-state index in [0.717, 1.165) is 5.39 Å². The Morgan fingerprint density at radius 1 is 1.27 bits per heavy atom. The summed E-state index contributed by atoms with van der Waals surface area (Å²) in [5, 5.41) is 2.47. The third kappa shape index (κ3) is 3.46. The number of aromatic nitrogens is 2. The molecule has 0 N–H and O–H groups in total. The van der Waals surface area contributed by atoms with Crippen LogP contribution in [0.25, 0.3) is 10.9 Å². The van der Waals surface area contributed by atoms with E-state index in [9.17, 15) is 4.79 Å². The van der Waals surface area contributed by atoms with Gasteiger partial charge in [-0.15, -0.1) is 0 Å². The zero-order valence-corrected chi connectivity index (χ0v) is 13.9. The van der Waals surface area contributed by atoms with Crippen LogP contribution >= 0.6 is 35.0 Å². The molecule has 1 aliphatic rings. The maximum absolute atomic E-state index is 12.2. The molecule has 0 spiro atoms. The van der Waals surface area contributed by atoms with Crippen molar-refractivity contribution in [3.63, 3.8) is 0 Å². The highest BCUT2D eigenvalue weighted by Gasteiger charge is 2.18. The van der Waals surface area contributed by atoms with Gasteiger partial charge in [-0.1, -0.05) is 35.0 Å². The van der Waals surface area contributed by atoms with Crippen LogP contribution in [0.1, 0.15) is 0 Å². The summed E-state index contributed by atoms with van der Waals surface area (Å²) in [4.78, 5) is 22.4. The zero-order valence-electron chi connectivity index (χ0n) is 11.6. The Bertz CT molecular complexity index is 708. The van der Waals surface area contributed by atoms with E-state index in [2.05, 4.69) is 9.97 Å². The molecule has 1 aromatic heterocycles. The highest BCUT2D eigenvalue weighted by atomic mass is 35.5. The SMILES string of the molecule is O=C(CSc1ncnc2c(Cl)cc(Cl)cc12)N1CCOCC1. The third-order valence-corrected chi connectivity index (χ3v) is 4.81. The minimum absolute atomic E-state index is 0.0770. The van der Waals surface area contributed by atoms with Crippen LogP contribution in [0.15, 0.2) is 23.5 Å². The minimum atomic E-state index is 0.0770. The molecule has 1 saturated heterocycles. The number of halogens is 2. The summed E-state index contributed by atoms with van der Waals surface area (Å²) in [6.45, 7) is 2.47. The molecule has 3 rings (SSSR count). The molecule has 0 radical (unpaired) electrons. The quantitative estimate of drug-likeness (QED) is 0.624. The number of hydrogen-bond donors (Lipinski definition) is 0. The minimum Gasteiger partial charge on any atom is -0.378 e. The van der Waals surface area contributed by atoms with Crippen LogP contribution in [-0.2, 0) is 9.53 Å². The van der Waals surface area contributed by atoms with Gasteiger partial charge in [0.15, 0.2) is 0 Å². The van der Waals surface area contributed by atoms with Gasteiger partial charge in [0.25, 0.3) is 0 Å².